The fourth-order valence-electron chi connectivity index (χ4n) is 3.55. The van der Waals surface area contributed by atoms with Crippen LogP contribution in [0.5, 0.6) is 0 Å². The lowest BCUT2D eigenvalue weighted by Gasteiger charge is -2.26. The van der Waals surface area contributed by atoms with E-state index in [4.69, 9.17) is 5.73 Å². The first kappa shape index (κ1) is 22.4. The maximum atomic E-state index is 5.98. The molecule has 25 heavy (non-hydrogen) atoms. The molecule has 1 heterocycles. The first-order valence-electron chi connectivity index (χ1n) is 10.9. The van der Waals surface area contributed by atoms with Crippen LogP contribution in [0.15, 0.2) is 17.1 Å². The fraction of sp³-hybridized carbons (Fsp3) is 0.864. The Morgan fingerprint density at radius 2 is 1.52 bits per heavy atom. The van der Waals surface area contributed by atoms with Gasteiger partial charge in [0.05, 0.1) is 6.17 Å². The van der Waals surface area contributed by atoms with Gasteiger partial charge in [0.2, 0.25) is 0 Å². The number of unbranched alkanes of at least 4 members (excludes halogenated alkanes) is 11. The number of rotatable bonds is 16. The van der Waals surface area contributed by atoms with Gasteiger partial charge in [-0.2, -0.15) is 0 Å². The van der Waals surface area contributed by atoms with Crippen molar-refractivity contribution in [3.05, 3.63) is 12.2 Å². The van der Waals surface area contributed by atoms with E-state index in [2.05, 4.69) is 35.9 Å². The van der Waals surface area contributed by atoms with Crippen molar-refractivity contribution in [3.63, 3.8) is 0 Å². The summed E-state index contributed by atoms with van der Waals surface area (Å²) in [5.74, 6) is 0. The molecule has 2 N–H and O–H groups in total. The van der Waals surface area contributed by atoms with Gasteiger partial charge in [0.15, 0.2) is 0 Å². The van der Waals surface area contributed by atoms with Gasteiger partial charge < -0.3 is 5.73 Å². The van der Waals surface area contributed by atoms with Crippen molar-refractivity contribution in [2.24, 2.45) is 10.7 Å². The van der Waals surface area contributed by atoms with Crippen molar-refractivity contribution in [1.29, 1.82) is 0 Å². The standard InChI is InChI=1S/C22H43N3/c1-3-4-5-6-7-8-9-10-11-12-13-14-15-16-17-18-22-24-19-20-25(22)21(2)23/h12-13,19,21-22H,3-11,14-18,20,23H2,1-2H3/b13-12+. The Hall–Kier alpha value is -0.670. The van der Waals surface area contributed by atoms with E-state index >= 15 is 0 Å². The third-order valence-corrected chi connectivity index (χ3v) is 5.20. The van der Waals surface area contributed by atoms with Gasteiger partial charge in [-0.15, -0.1) is 0 Å². The topological polar surface area (TPSA) is 41.6 Å². The molecule has 2 unspecified atom stereocenters. The van der Waals surface area contributed by atoms with E-state index in [1.807, 2.05) is 6.21 Å². The summed E-state index contributed by atoms with van der Waals surface area (Å²) >= 11 is 0. The molecule has 0 bridgehead atoms. The molecule has 1 aliphatic heterocycles. The fourth-order valence-corrected chi connectivity index (χ4v) is 3.55. The normalized spacial score (nSPS) is 19.2. The van der Waals surface area contributed by atoms with Crippen LogP contribution < -0.4 is 5.73 Å². The maximum Gasteiger partial charge on any atom is 0.103 e. The summed E-state index contributed by atoms with van der Waals surface area (Å²) < 4.78 is 0. The van der Waals surface area contributed by atoms with Gasteiger partial charge in [0, 0.05) is 12.8 Å². The van der Waals surface area contributed by atoms with Crippen molar-refractivity contribution < 1.29 is 0 Å². The molecule has 0 amide bonds. The lowest BCUT2D eigenvalue weighted by atomic mass is 10.1. The lowest BCUT2D eigenvalue weighted by Crippen LogP contribution is -2.43. The third kappa shape index (κ3) is 11.5. The van der Waals surface area contributed by atoms with Crippen molar-refractivity contribution in [2.75, 3.05) is 6.54 Å². The Kier molecular flexibility index (Phi) is 13.9. The third-order valence-electron chi connectivity index (χ3n) is 5.20. The average molecular weight is 350 g/mol. The van der Waals surface area contributed by atoms with Crippen LogP contribution in [0.2, 0.25) is 0 Å². The number of allylic oxidation sites excluding steroid dienone is 2. The highest BCUT2D eigenvalue weighted by Crippen LogP contribution is 2.16. The molecule has 0 aromatic heterocycles. The van der Waals surface area contributed by atoms with Gasteiger partial charge in [-0.05, 0) is 45.4 Å². The minimum atomic E-state index is 0.117. The summed E-state index contributed by atoms with van der Waals surface area (Å²) in [7, 11) is 0. The molecular formula is C22H43N3. The molecule has 3 heteroatoms. The molecule has 1 aliphatic rings. The van der Waals surface area contributed by atoms with Gasteiger partial charge in [-0.25, -0.2) is 0 Å². The molecule has 3 nitrogen and oxygen atoms in total. The monoisotopic (exact) mass is 349 g/mol. The van der Waals surface area contributed by atoms with Crippen LogP contribution in [-0.4, -0.2) is 30.0 Å². The van der Waals surface area contributed by atoms with Crippen molar-refractivity contribution in [3.8, 4) is 0 Å². The van der Waals surface area contributed by atoms with Crippen LogP contribution in [0.25, 0.3) is 0 Å². The van der Waals surface area contributed by atoms with Crippen LogP contribution in [0.1, 0.15) is 104 Å². The van der Waals surface area contributed by atoms with Crippen molar-refractivity contribution >= 4 is 6.21 Å². The van der Waals surface area contributed by atoms with E-state index in [1.165, 1.54) is 83.5 Å². The number of nitrogens with zero attached hydrogens (tertiary/aromatic N) is 2. The zero-order chi connectivity index (χ0) is 18.2. The SMILES string of the molecule is CCCCCCCCCC/C=C/CCCCCC1N=CCN1C(C)N. The Morgan fingerprint density at radius 3 is 2.12 bits per heavy atom. The van der Waals surface area contributed by atoms with Gasteiger partial charge in [-0.3, -0.25) is 9.89 Å². The molecule has 2 atom stereocenters. The van der Waals surface area contributed by atoms with Crippen LogP contribution >= 0.6 is 0 Å². The lowest BCUT2D eigenvalue weighted by molar-refractivity contribution is 0.182. The summed E-state index contributed by atoms with van der Waals surface area (Å²) in [5.41, 5.74) is 5.98. The highest BCUT2D eigenvalue weighted by atomic mass is 15.3. The van der Waals surface area contributed by atoms with Crippen LogP contribution in [0.4, 0.5) is 0 Å². The van der Waals surface area contributed by atoms with Crippen molar-refractivity contribution in [2.45, 2.75) is 116 Å². The van der Waals surface area contributed by atoms with E-state index in [0.29, 0.717) is 6.17 Å². The Balaban J connectivity index is 1.83. The first-order chi connectivity index (χ1) is 12.3. The second-order valence-corrected chi connectivity index (χ2v) is 7.62. The molecule has 0 aromatic carbocycles. The van der Waals surface area contributed by atoms with Crippen LogP contribution in [0, 0.1) is 0 Å². The molecule has 0 fully saturated rings. The smallest absolute Gasteiger partial charge is 0.103 e. The summed E-state index contributed by atoms with van der Waals surface area (Å²) in [6.45, 7) is 5.26. The number of aliphatic imine (C=N–C) groups is 1. The zero-order valence-corrected chi connectivity index (χ0v) is 17.0. The van der Waals surface area contributed by atoms with E-state index in [-0.39, 0.29) is 6.17 Å². The summed E-state index contributed by atoms with van der Waals surface area (Å²) in [6, 6.07) is 0. The molecule has 1 rings (SSSR count). The van der Waals surface area contributed by atoms with Gasteiger partial charge in [0.1, 0.15) is 6.17 Å². The molecule has 0 saturated heterocycles. The average Bonchev–Trinajstić information content (AvgIpc) is 3.07. The second-order valence-electron chi connectivity index (χ2n) is 7.62. The first-order valence-corrected chi connectivity index (χ1v) is 10.9. The summed E-state index contributed by atoms with van der Waals surface area (Å²) in [6.07, 6.45) is 26.1. The van der Waals surface area contributed by atoms with E-state index < -0.39 is 0 Å². The van der Waals surface area contributed by atoms with Gasteiger partial charge >= 0.3 is 0 Å². The minimum absolute atomic E-state index is 0.117. The quantitative estimate of drug-likeness (QED) is 0.272. The molecule has 0 aromatic rings. The van der Waals surface area contributed by atoms with Crippen molar-refractivity contribution in [1.82, 2.24) is 4.90 Å². The van der Waals surface area contributed by atoms with Crippen LogP contribution in [0.3, 0.4) is 0 Å². The predicted molar refractivity (Wildman–Crippen MR) is 112 cm³/mol. The molecule has 146 valence electrons. The van der Waals surface area contributed by atoms with Crippen LogP contribution in [-0.2, 0) is 0 Å². The zero-order valence-electron chi connectivity index (χ0n) is 17.0. The molecule has 0 spiro atoms. The van der Waals surface area contributed by atoms with E-state index in [9.17, 15) is 0 Å². The van der Waals surface area contributed by atoms with Gasteiger partial charge in [0.25, 0.3) is 0 Å². The van der Waals surface area contributed by atoms with E-state index in [0.717, 1.165) is 13.0 Å². The Bertz CT molecular complexity index is 349. The minimum Gasteiger partial charge on any atom is -0.316 e. The number of hydrogen-bond acceptors (Lipinski definition) is 3. The summed E-state index contributed by atoms with van der Waals surface area (Å²) in [4.78, 5) is 6.83. The van der Waals surface area contributed by atoms with Gasteiger partial charge in [-0.1, -0.05) is 70.4 Å². The second kappa shape index (κ2) is 15.6. The molecule has 0 aliphatic carbocycles. The Morgan fingerprint density at radius 1 is 0.960 bits per heavy atom. The molecule has 0 saturated carbocycles. The maximum absolute atomic E-state index is 5.98. The largest absolute Gasteiger partial charge is 0.316 e. The Labute approximate surface area is 157 Å². The highest BCUT2D eigenvalue weighted by molar-refractivity contribution is 5.62. The number of nitrogens with two attached hydrogens (primary N) is 1. The highest BCUT2D eigenvalue weighted by Gasteiger charge is 2.22. The predicted octanol–water partition coefficient (Wildman–Crippen LogP) is 6.04. The molecular weight excluding hydrogens is 306 g/mol. The summed E-state index contributed by atoms with van der Waals surface area (Å²) in [5, 5.41) is 0. The van der Waals surface area contributed by atoms with E-state index in [1.54, 1.807) is 0 Å². The number of hydrogen-bond donors (Lipinski definition) is 1. The molecule has 0 radical (unpaired) electrons.